The first kappa shape index (κ1) is 15.8. The first-order chi connectivity index (χ1) is 13.3. The highest BCUT2D eigenvalue weighted by Gasteiger charge is 2.60. The van der Waals surface area contributed by atoms with Crippen molar-refractivity contribution in [2.75, 3.05) is 6.61 Å². The molecule has 2 aliphatic rings. The minimum atomic E-state index is -1.02. The van der Waals surface area contributed by atoms with E-state index in [0.717, 1.165) is 16.9 Å². The number of oxime groups is 1. The number of ketones is 1. The summed E-state index contributed by atoms with van der Waals surface area (Å²) >= 11 is 0. The largest absolute Gasteiger partial charge is 0.492 e. The smallest absolute Gasteiger partial charge is 0.182 e. The van der Waals surface area contributed by atoms with Crippen LogP contribution < -0.4 is 4.74 Å². The predicted molar refractivity (Wildman–Crippen MR) is 102 cm³/mol. The lowest BCUT2D eigenvalue weighted by Gasteiger charge is -2.37. The molecule has 0 spiro atoms. The molecule has 2 atom stereocenters. The van der Waals surface area contributed by atoms with Crippen molar-refractivity contribution in [1.82, 2.24) is 0 Å². The molecule has 0 fully saturated rings. The lowest BCUT2D eigenvalue weighted by molar-refractivity contribution is -0.00619. The average Bonchev–Trinajstić information content (AvgIpc) is 3.15. The van der Waals surface area contributed by atoms with Crippen LogP contribution in [0.5, 0.6) is 5.75 Å². The Bertz CT molecular complexity index is 1030. The van der Waals surface area contributed by atoms with Gasteiger partial charge in [-0.15, -0.1) is 0 Å². The van der Waals surface area contributed by atoms with Crippen LogP contribution in [0.3, 0.4) is 0 Å². The molecule has 0 unspecified atom stereocenters. The first-order valence-corrected chi connectivity index (χ1v) is 8.92. The van der Waals surface area contributed by atoms with Gasteiger partial charge in [0.05, 0.1) is 0 Å². The number of Topliss-reactive ketones (excluding diaryl/α,β-unsaturated/α-hetero) is 1. The molecule has 0 N–H and O–H groups in total. The van der Waals surface area contributed by atoms with Crippen LogP contribution in [-0.2, 0) is 4.84 Å². The van der Waals surface area contributed by atoms with Crippen molar-refractivity contribution in [2.45, 2.75) is 6.10 Å². The molecular weight excluding hydrogens is 338 g/mol. The molecule has 27 heavy (non-hydrogen) atoms. The van der Waals surface area contributed by atoms with Gasteiger partial charge in [-0.2, -0.15) is 0 Å². The Hall–Kier alpha value is -3.40. The third-order valence-corrected chi connectivity index (χ3v) is 5.26. The fourth-order valence-electron chi connectivity index (χ4n) is 3.93. The zero-order valence-corrected chi connectivity index (χ0v) is 14.5. The van der Waals surface area contributed by atoms with E-state index in [1.165, 1.54) is 0 Å². The van der Waals surface area contributed by atoms with Crippen molar-refractivity contribution in [2.24, 2.45) is 10.6 Å². The molecule has 5 rings (SSSR count). The van der Waals surface area contributed by atoms with Gasteiger partial charge in [0.1, 0.15) is 18.1 Å². The molecule has 132 valence electrons. The summed E-state index contributed by atoms with van der Waals surface area (Å²) in [6, 6.07) is 26.7. The van der Waals surface area contributed by atoms with Gasteiger partial charge in [0.2, 0.25) is 0 Å². The van der Waals surface area contributed by atoms with E-state index >= 15 is 0 Å². The Morgan fingerprint density at radius 2 is 1.56 bits per heavy atom. The van der Waals surface area contributed by atoms with Crippen molar-refractivity contribution in [3.05, 3.63) is 102 Å². The Balaban J connectivity index is 1.70. The third kappa shape index (κ3) is 2.30. The third-order valence-electron chi connectivity index (χ3n) is 5.26. The molecule has 0 amide bonds. The van der Waals surface area contributed by atoms with E-state index in [-0.39, 0.29) is 12.4 Å². The molecule has 0 bridgehead atoms. The summed E-state index contributed by atoms with van der Waals surface area (Å²) in [5, 5.41) is 4.38. The number of hydrogen-bond acceptors (Lipinski definition) is 4. The van der Waals surface area contributed by atoms with Crippen molar-refractivity contribution >= 4 is 11.5 Å². The van der Waals surface area contributed by atoms with Crippen LogP contribution in [0.2, 0.25) is 0 Å². The Morgan fingerprint density at radius 3 is 2.33 bits per heavy atom. The molecule has 0 radical (unpaired) electrons. The van der Waals surface area contributed by atoms with E-state index < -0.39 is 11.5 Å². The van der Waals surface area contributed by atoms with Gasteiger partial charge < -0.3 is 9.57 Å². The lowest BCUT2D eigenvalue weighted by Crippen LogP contribution is -2.49. The molecule has 0 saturated heterocycles. The monoisotopic (exact) mass is 355 g/mol. The molecule has 2 heterocycles. The Kier molecular flexibility index (Phi) is 3.57. The van der Waals surface area contributed by atoms with Crippen molar-refractivity contribution in [3.8, 4) is 5.75 Å². The number of carbonyl (C=O) groups is 1. The molecule has 0 aromatic heterocycles. The van der Waals surface area contributed by atoms with Crippen LogP contribution >= 0.6 is 0 Å². The van der Waals surface area contributed by atoms with Crippen LogP contribution in [0.1, 0.15) is 27.6 Å². The van der Waals surface area contributed by atoms with Crippen LogP contribution in [0.25, 0.3) is 0 Å². The highest BCUT2D eigenvalue weighted by atomic mass is 16.7. The molecule has 2 aliphatic heterocycles. The zero-order valence-electron chi connectivity index (χ0n) is 14.5. The molecule has 3 aromatic carbocycles. The summed E-state index contributed by atoms with van der Waals surface area (Å²) < 4.78 is 6.05. The molecule has 4 heteroatoms. The van der Waals surface area contributed by atoms with Crippen LogP contribution in [0.15, 0.2) is 90.1 Å². The maximum absolute atomic E-state index is 13.8. The van der Waals surface area contributed by atoms with Gasteiger partial charge >= 0.3 is 0 Å². The fourth-order valence-corrected chi connectivity index (χ4v) is 3.93. The normalized spacial score (nSPS) is 22.7. The second-order valence-electron chi connectivity index (χ2n) is 6.78. The quantitative estimate of drug-likeness (QED) is 0.653. The Morgan fingerprint density at radius 1 is 0.889 bits per heavy atom. The zero-order chi connectivity index (χ0) is 18.3. The van der Waals surface area contributed by atoms with Crippen LogP contribution in [-0.4, -0.2) is 18.1 Å². The van der Waals surface area contributed by atoms with Crippen LogP contribution in [0.4, 0.5) is 0 Å². The summed E-state index contributed by atoms with van der Waals surface area (Å²) in [5.74, 6) is 0.700. The molecule has 3 aromatic rings. The number of nitrogens with zero attached hydrogens (tertiary/aromatic N) is 1. The van der Waals surface area contributed by atoms with E-state index in [1.807, 2.05) is 84.9 Å². The van der Waals surface area contributed by atoms with Gasteiger partial charge in [-0.1, -0.05) is 84.0 Å². The lowest BCUT2D eigenvalue weighted by atomic mass is 9.68. The van der Waals surface area contributed by atoms with Crippen molar-refractivity contribution < 1.29 is 14.4 Å². The Labute approximate surface area is 157 Å². The highest BCUT2D eigenvalue weighted by molar-refractivity contribution is 6.23. The minimum Gasteiger partial charge on any atom is -0.492 e. The van der Waals surface area contributed by atoms with Gasteiger partial charge in [0, 0.05) is 16.7 Å². The number of benzene rings is 3. The predicted octanol–water partition coefficient (Wildman–Crippen LogP) is 4.42. The van der Waals surface area contributed by atoms with Crippen LogP contribution in [0, 0.1) is 5.41 Å². The van der Waals surface area contributed by atoms with Gasteiger partial charge in [0.15, 0.2) is 17.3 Å². The number of hydrogen-bond donors (Lipinski definition) is 0. The maximum Gasteiger partial charge on any atom is 0.182 e. The molecular formula is C23H17NO3. The van der Waals surface area contributed by atoms with E-state index in [9.17, 15) is 4.79 Å². The average molecular weight is 355 g/mol. The summed E-state index contributed by atoms with van der Waals surface area (Å²) in [5.41, 5.74) is 1.95. The van der Waals surface area contributed by atoms with Crippen molar-refractivity contribution in [3.63, 3.8) is 0 Å². The van der Waals surface area contributed by atoms with Gasteiger partial charge in [0.25, 0.3) is 0 Å². The standard InChI is InChI=1S/C23H17NO3/c25-21(17-11-5-2-6-12-17)23-15-26-19-14-8-7-13-18(19)22(23)27-24-20(23)16-9-3-1-4-10-16/h1-14,22H,15H2/t22-,23+/m1/s1. The first-order valence-electron chi connectivity index (χ1n) is 8.92. The topological polar surface area (TPSA) is 47.9 Å². The van der Waals surface area contributed by atoms with Gasteiger partial charge in [-0.05, 0) is 6.07 Å². The maximum atomic E-state index is 13.8. The number of fused-ring (bicyclic) bond motifs is 3. The number of para-hydroxylation sites is 1. The molecule has 4 nitrogen and oxygen atoms in total. The molecule has 0 aliphatic carbocycles. The van der Waals surface area contributed by atoms with E-state index in [4.69, 9.17) is 9.57 Å². The molecule has 0 saturated carbocycles. The van der Waals surface area contributed by atoms with E-state index in [0.29, 0.717) is 11.3 Å². The fraction of sp³-hybridized carbons (Fsp3) is 0.130. The van der Waals surface area contributed by atoms with E-state index in [2.05, 4.69) is 5.16 Å². The second-order valence-corrected chi connectivity index (χ2v) is 6.78. The summed E-state index contributed by atoms with van der Waals surface area (Å²) in [4.78, 5) is 19.6. The van der Waals surface area contributed by atoms with Gasteiger partial charge in [-0.25, -0.2) is 0 Å². The SMILES string of the molecule is O=C(c1ccccc1)[C@@]12COc3ccccc3[C@H]1ON=C2c1ccccc1. The second kappa shape index (κ2) is 6.09. The highest BCUT2D eigenvalue weighted by Crippen LogP contribution is 2.52. The van der Waals surface area contributed by atoms with Gasteiger partial charge in [-0.3, -0.25) is 4.79 Å². The summed E-state index contributed by atoms with van der Waals surface area (Å²) in [7, 11) is 0. The summed E-state index contributed by atoms with van der Waals surface area (Å²) in [6.45, 7) is 0.191. The van der Waals surface area contributed by atoms with Crippen molar-refractivity contribution in [1.29, 1.82) is 0 Å². The minimum absolute atomic E-state index is 0.0392. The van der Waals surface area contributed by atoms with E-state index in [1.54, 1.807) is 0 Å². The number of carbonyl (C=O) groups excluding carboxylic acids is 1. The number of rotatable bonds is 3. The summed E-state index contributed by atoms with van der Waals surface area (Å²) in [6.07, 6.45) is -0.509. The number of ether oxygens (including phenoxy) is 1.